The molecule has 5 nitrogen and oxygen atoms in total. The lowest BCUT2D eigenvalue weighted by molar-refractivity contribution is -0.116. The number of thiazole rings is 1. The van der Waals surface area contributed by atoms with E-state index in [1.807, 2.05) is 47.8 Å². The molecule has 0 aliphatic heterocycles. The molecule has 0 saturated carbocycles. The Balaban J connectivity index is 1.37. The lowest BCUT2D eigenvalue weighted by Gasteiger charge is -2.05. The molecule has 0 spiro atoms. The Morgan fingerprint density at radius 3 is 2.13 bits per heavy atom. The number of hydrogen-bond acceptors (Lipinski definition) is 4. The molecule has 0 bridgehead atoms. The Bertz CT molecular complexity index is 1180. The highest BCUT2D eigenvalue weighted by Gasteiger charge is 2.09. The predicted octanol–water partition coefficient (Wildman–Crippen LogP) is 5.62. The molecule has 2 N–H and O–H groups in total. The number of rotatable bonds is 6. The van der Waals surface area contributed by atoms with Crippen molar-refractivity contribution in [3.8, 4) is 22.4 Å². The summed E-state index contributed by atoms with van der Waals surface area (Å²) >= 11 is 1.40. The molecule has 0 fully saturated rings. The van der Waals surface area contributed by atoms with Gasteiger partial charge in [0.25, 0.3) is 0 Å². The highest BCUT2D eigenvalue weighted by atomic mass is 32.1. The van der Waals surface area contributed by atoms with Gasteiger partial charge in [-0.15, -0.1) is 11.3 Å². The summed E-state index contributed by atoms with van der Waals surface area (Å²) in [4.78, 5) is 28.0. The monoisotopic (exact) mass is 427 g/mol. The molecule has 31 heavy (non-hydrogen) atoms. The smallest absolute Gasteiger partial charge is 0.230 e. The molecule has 3 aromatic carbocycles. The number of nitrogens with one attached hydrogen (secondary N) is 2. The fraction of sp³-hybridized carbons (Fsp3) is 0.0800. The Labute approximate surface area is 184 Å². The van der Waals surface area contributed by atoms with Crippen molar-refractivity contribution in [3.63, 3.8) is 0 Å². The third-order valence-corrected chi connectivity index (χ3v) is 5.44. The van der Waals surface area contributed by atoms with Gasteiger partial charge in [-0.2, -0.15) is 0 Å². The maximum absolute atomic E-state index is 12.4. The van der Waals surface area contributed by atoms with Crippen LogP contribution in [0.5, 0.6) is 0 Å². The van der Waals surface area contributed by atoms with Gasteiger partial charge in [-0.3, -0.25) is 9.59 Å². The minimum absolute atomic E-state index is 0.125. The molecule has 0 atom stereocenters. The second kappa shape index (κ2) is 9.36. The van der Waals surface area contributed by atoms with Gasteiger partial charge >= 0.3 is 0 Å². The summed E-state index contributed by atoms with van der Waals surface area (Å²) in [5, 5.41) is 8.08. The summed E-state index contributed by atoms with van der Waals surface area (Å²) in [6, 6.07) is 25.7. The average molecular weight is 428 g/mol. The van der Waals surface area contributed by atoms with Gasteiger partial charge in [0.2, 0.25) is 11.8 Å². The minimum atomic E-state index is -0.132. The summed E-state index contributed by atoms with van der Waals surface area (Å²) in [6.07, 6.45) is 0.237. The first-order chi connectivity index (χ1) is 15.1. The molecular weight excluding hydrogens is 406 g/mol. The number of anilines is 2. The fourth-order valence-corrected chi connectivity index (χ4v) is 3.92. The van der Waals surface area contributed by atoms with Crippen molar-refractivity contribution in [3.05, 3.63) is 89.8 Å². The van der Waals surface area contributed by atoms with Gasteiger partial charge in [-0.05, 0) is 28.8 Å². The molecule has 0 saturated heterocycles. The normalized spacial score (nSPS) is 10.5. The van der Waals surface area contributed by atoms with Gasteiger partial charge in [-0.25, -0.2) is 4.98 Å². The molecule has 1 heterocycles. The standard InChI is InChI=1S/C25H21N3O2S/c1-17(29)26-22-13-7-18(8-14-22)15-24(30)28-25-27-23(16-31-25)21-11-9-20(10-12-21)19-5-3-2-4-6-19/h2-14,16H,15H2,1H3,(H,26,29)(H,27,28,30). The van der Waals surface area contributed by atoms with Crippen molar-refractivity contribution >= 4 is 34.0 Å². The second-order valence-electron chi connectivity index (χ2n) is 7.08. The zero-order valence-corrected chi connectivity index (χ0v) is 17.8. The molecule has 0 radical (unpaired) electrons. The summed E-state index contributed by atoms with van der Waals surface area (Å²) in [6.45, 7) is 1.46. The SMILES string of the molecule is CC(=O)Nc1ccc(CC(=O)Nc2nc(-c3ccc(-c4ccccc4)cc3)cs2)cc1. The molecular formula is C25H21N3O2S. The molecule has 0 unspecified atom stereocenters. The van der Waals surface area contributed by atoms with Gasteiger partial charge in [-0.1, -0.05) is 66.7 Å². The highest BCUT2D eigenvalue weighted by Crippen LogP contribution is 2.27. The minimum Gasteiger partial charge on any atom is -0.326 e. The largest absolute Gasteiger partial charge is 0.326 e. The van der Waals surface area contributed by atoms with Gasteiger partial charge < -0.3 is 10.6 Å². The van der Waals surface area contributed by atoms with Crippen LogP contribution in [0.1, 0.15) is 12.5 Å². The molecule has 6 heteroatoms. The molecule has 154 valence electrons. The number of benzene rings is 3. The number of aromatic nitrogens is 1. The van der Waals surface area contributed by atoms with Gasteiger partial charge in [0.15, 0.2) is 5.13 Å². The summed E-state index contributed by atoms with van der Waals surface area (Å²) < 4.78 is 0. The Morgan fingerprint density at radius 1 is 0.806 bits per heavy atom. The lowest BCUT2D eigenvalue weighted by atomic mass is 10.0. The molecule has 4 aromatic rings. The van der Waals surface area contributed by atoms with E-state index in [2.05, 4.69) is 39.9 Å². The van der Waals surface area contributed by atoms with E-state index >= 15 is 0 Å². The van der Waals surface area contributed by atoms with E-state index in [0.29, 0.717) is 10.8 Å². The Hall–Kier alpha value is -3.77. The van der Waals surface area contributed by atoms with Crippen LogP contribution in [0.25, 0.3) is 22.4 Å². The van der Waals surface area contributed by atoms with Crippen molar-refractivity contribution in [1.82, 2.24) is 4.98 Å². The van der Waals surface area contributed by atoms with Gasteiger partial charge in [0.1, 0.15) is 0 Å². The van der Waals surface area contributed by atoms with E-state index in [-0.39, 0.29) is 18.2 Å². The van der Waals surface area contributed by atoms with E-state index in [1.54, 1.807) is 12.1 Å². The van der Waals surface area contributed by atoms with Crippen LogP contribution in [-0.4, -0.2) is 16.8 Å². The van der Waals surface area contributed by atoms with Crippen LogP contribution < -0.4 is 10.6 Å². The lowest BCUT2D eigenvalue weighted by Crippen LogP contribution is -2.14. The van der Waals surface area contributed by atoms with Crippen molar-refractivity contribution in [2.45, 2.75) is 13.3 Å². The summed E-state index contributed by atoms with van der Waals surface area (Å²) in [5.74, 6) is -0.257. The highest BCUT2D eigenvalue weighted by molar-refractivity contribution is 7.14. The third kappa shape index (κ3) is 5.43. The summed E-state index contributed by atoms with van der Waals surface area (Å²) in [5.41, 5.74) is 5.73. The summed E-state index contributed by atoms with van der Waals surface area (Å²) in [7, 11) is 0. The number of carbonyl (C=O) groups is 2. The number of nitrogens with zero attached hydrogens (tertiary/aromatic N) is 1. The molecule has 1 aromatic heterocycles. The zero-order valence-electron chi connectivity index (χ0n) is 17.0. The maximum Gasteiger partial charge on any atom is 0.230 e. The number of carbonyl (C=O) groups excluding carboxylic acids is 2. The Morgan fingerprint density at radius 2 is 1.45 bits per heavy atom. The van der Waals surface area contributed by atoms with E-state index in [9.17, 15) is 9.59 Å². The van der Waals surface area contributed by atoms with E-state index in [4.69, 9.17) is 0 Å². The maximum atomic E-state index is 12.4. The van der Waals surface area contributed by atoms with Crippen molar-refractivity contribution in [2.24, 2.45) is 0 Å². The van der Waals surface area contributed by atoms with Crippen LogP contribution in [0.3, 0.4) is 0 Å². The number of hydrogen-bond donors (Lipinski definition) is 2. The fourth-order valence-electron chi connectivity index (χ4n) is 3.19. The average Bonchev–Trinajstić information content (AvgIpc) is 3.24. The van der Waals surface area contributed by atoms with Gasteiger partial charge in [0, 0.05) is 23.6 Å². The first-order valence-electron chi connectivity index (χ1n) is 9.84. The predicted molar refractivity (Wildman–Crippen MR) is 126 cm³/mol. The quantitative estimate of drug-likeness (QED) is 0.420. The first kappa shape index (κ1) is 20.5. The topological polar surface area (TPSA) is 71.1 Å². The van der Waals surface area contributed by atoms with Gasteiger partial charge in [0.05, 0.1) is 12.1 Å². The first-order valence-corrected chi connectivity index (χ1v) is 10.7. The number of amides is 2. The second-order valence-corrected chi connectivity index (χ2v) is 7.94. The van der Waals surface area contributed by atoms with Crippen molar-refractivity contribution < 1.29 is 9.59 Å². The zero-order chi connectivity index (χ0) is 21.6. The van der Waals surface area contributed by atoms with E-state index in [0.717, 1.165) is 22.4 Å². The third-order valence-electron chi connectivity index (χ3n) is 4.68. The van der Waals surface area contributed by atoms with Crippen LogP contribution in [0.15, 0.2) is 84.2 Å². The van der Waals surface area contributed by atoms with Crippen molar-refractivity contribution in [2.75, 3.05) is 10.6 Å². The van der Waals surface area contributed by atoms with Crippen LogP contribution >= 0.6 is 11.3 Å². The van der Waals surface area contributed by atoms with Crippen LogP contribution in [-0.2, 0) is 16.0 Å². The molecule has 2 amide bonds. The van der Waals surface area contributed by atoms with Crippen LogP contribution in [0, 0.1) is 0 Å². The van der Waals surface area contributed by atoms with E-state index in [1.165, 1.54) is 23.8 Å². The van der Waals surface area contributed by atoms with E-state index < -0.39 is 0 Å². The molecule has 4 rings (SSSR count). The Kier molecular flexibility index (Phi) is 6.19. The van der Waals surface area contributed by atoms with Crippen molar-refractivity contribution in [1.29, 1.82) is 0 Å². The van der Waals surface area contributed by atoms with Crippen LogP contribution in [0.2, 0.25) is 0 Å². The molecule has 0 aliphatic rings. The van der Waals surface area contributed by atoms with Crippen LogP contribution in [0.4, 0.5) is 10.8 Å². The molecule has 0 aliphatic carbocycles.